The fraction of sp³-hybridized carbons (Fsp3) is 0.444. The molecule has 3 nitrogen and oxygen atoms in total. The molecule has 0 N–H and O–H groups in total. The van der Waals surface area contributed by atoms with E-state index in [2.05, 4.69) is 0 Å². The Bertz CT molecular complexity index is 348. The van der Waals surface area contributed by atoms with Crippen molar-refractivity contribution in [3.05, 3.63) is 17.9 Å². The molecule has 1 fully saturated rings. The molecular weight excluding hydrogens is 192 g/mol. The van der Waals surface area contributed by atoms with E-state index in [9.17, 15) is 13.6 Å². The van der Waals surface area contributed by atoms with Crippen LogP contribution in [0.2, 0.25) is 0 Å². The lowest BCUT2D eigenvalue weighted by Gasteiger charge is -2.13. The van der Waals surface area contributed by atoms with Gasteiger partial charge in [0.2, 0.25) is 0 Å². The van der Waals surface area contributed by atoms with Crippen LogP contribution in [0.4, 0.5) is 14.7 Å². The molecule has 1 aromatic heterocycles. The molecule has 2 rings (SSSR count). The molecule has 1 aliphatic rings. The number of hydrogen-bond donors (Lipinski definition) is 0. The van der Waals surface area contributed by atoms with Gasteiger partial charge < -0.3 is 9.32 Å². The maximum atomic E-state index is 12.8. The highest BCUT2D eigenvalue weighted by atomic mass is 19.3. The largest absolute Gasteiger partial charge is 0.438 e. The van der Waals surface area contributed by atoms with Crippen LogP contribution in [0.5, 0.6) is 0 Å². The Kier molecular flexibility index (Phi) is 2.02. The normalized spacial score (nSPS) is 20.0. The summed E-state index contributed by atoms with van der Waals surface area (Å²) in [6, 6.07) is 3.00. The first-order valence-electron chi connectivity index (χ1n) is 4.28. The molecule has 76 valence electrons. The Labute approximate surface area is 79.3 Å². The van der Waals surface area contributed by atoms with Crippen LogP contribution in [0.25, 0.3) is 0 Å². The summed E-state index contributed by atoms with van der Waals surface area (Å²) in [5.74, 6) is -2.15. The monoisotopic (exact) mass is 201 g/mol. The van der Waals surface area contributed by atoms with Crippen LogP contribution in [0, 0.1) is 0 Å². The van der Waals surface area contributed by atoms with Crippen molar-refractivity contribution in [1.82, 2.24) is 0 Å². The summed E-state index contributed by atoms with van der Waals surface area (Å²) in [4.78, 5) is 11.7. The lowest BCUT2D eigenvalue weighted by atomic mass is 10.3. The van der Waals surface area contributed by atoms with Gasteiger partial charge in [-0.15, -0.1) is 0 Å². The zero-order valence-corrected chi connectivity index (χ0v) is 7.37. The smallest absolute Gasteiger partial charge is 0.267 e. The highest BCUT2D eigenvalue weighted by Gasteiger charge is 2.39. The van der Waals surface area contributed by atoms with E-state index in [1.54, 1.807) is 0 Å². The van der Waals surface area contributed by atoms with E-state index in [1.165, 1.54) is 17.0 Å². The predicted molar refractivity (Wildman–Crippen MR) is 45.9 cm³/mol. The van der Waals surface area contributed by atoms with Crippen molar-refractivity contribution in [2.45, 2.75) is 12.3 Å². The first kappa shape index (κ1) is 9.18. The Morgan fingerprint density at radius 1 is 1.50 bits per heavy atom. The quantitative estimate of drug-likeness (QED) is 0.685. The summed E-state index contributed by atoms with van der Waals surface area (Å²) in [6.45, 7) is -0.0718. The lowest BCUT2D eigenvalue weighted by molar-refractivity contribution is 0.0255. The van der Waals surface area contributed by atoms with Gasteiger partial charge in [-0.25, -0.2) is 8.78 Å². The topological polar surface area (TPSA) is 33.5 Å². The second-order valence-electron chi connectivity index (χ2n) is 3.32. The van der Waals surface area contributed by atoms with Crippen molar-refractivity contribution in [3.8, 4) is 0 Å². The summed E-state index contributed by atoms with van der Waals surface area (Å²) in [7, 11) is 0. The molecule has 1 saturated heterocycles. The standard InChI is InChI=1S/C9H9F2NO2/c10-9(11)3-4-12(6-9)8-2-1-7(5-13)14-8/h1-2,5H,3-4,6H2. The second kappa shape index (κ2) is 3.08. The number of aldehydes is 1. The van der Waals surface area contributed by atoms with Gasteiger partial charge in [-0.3, -0.25) is 4.79 Å². The zero-order valence-electron chi connectivity index (χ0n) is 7.37. The Morgan fingerprint density at radius 2 is 2.29 bits per heavy atom. The minimum Gasteiger partial charge on any atom is -0.438 e. The van der Waals surface area contributed by atoms with Crippen molar-refractivity contribution in [1.29, 1.82) is 0 Å². The average molecular weight is 201 g/mol. The highest BCUT2D eigenvalue weighted by Crippen LogP contribution is 2.31. The molecule has 1 aliphatic heterocycles. The van der Waals surface area contributed by atoms with Gasteiger partial charge in [-0.1, -0.05) is 0 Å². The molecule has 14 heavy (non-hydrogen) atoms. The van der Waals surface area contributed by atoms with E-state index in [-0.39, 0.29) is 25.3 Å². The molecule has 0 bridgehead atoms. The molecule has 0 atom stereocenters. The Balaban J connectivity index is 2.13. The number of halogens is 2. The van der Waals surface area contributed by atoms with E-state index in [0.717, 1.165) is 0 Å². The summed E-state index contributed by atoms with van der Waals surface area (Å²) >= 11 is 0. The van der Waals surface area contributed by atoms with Crippen LogP contribution >= 0.6 is 0 Å². The van der Waals surface area contributed by atoms with Crippen molar-refractivity contribution >= 4 is 12.2 Å². The van der Waals surface area contributed by atoms with Crippen molar-refractivity contribution < 1.29 is 18.0 Å². The average Bonchev–Trinajstić information content (AvgIpc) is 2.70. The van der Waals surface area contributed by atoms with Crippen LogP contribution in [0.15, 0.2) is 16.5 Å². The second-order valence-corrected chi connectivity index (χ2v) is 3.32. The Morgan fingerprint density at radius 3 is 2.79 bits per heavy atom. The SMILES string of the molecule is O=Cc1ccc(N2CCC(F)(F)C2)o1. The van der Waals surface area contributed by atoms with Crippen molar-refractivity contribution in [2.75, 3.05) is 18.0 Å². The Hall–Kier alpha value is -1.39. The molecule has 0 unspecified atom stereocenters. The van der Waals surface area contributed by atoms with Gasteiger partial charge >= 0.3 is 0 Å². The molecule has 0 saturated carbocycles. The molecule has 0 aromatic carbocycles. The molecule has 1 aromatic rings. The van der Waals surface area contributed by atoms with Gasteiger partial charge in [0.05, 0.1) is 6.54 Å². The number of carbonyl (C=O) groups excluding carboxylic acids is 1. The van der Waals surface area contributed by atoms with E-state index >= 15 is 0 Å². The molecule has 5 heteroatoms. The fourth-order valence-corrected chi connectivity index (χ4v) is 1.50. The molecular formula is C9H9F2NO2. The van der Waals surface area contributed by atoms with E-state index in [1.807, 2.05) is 0 Å². The third-order valence-electron chi connectivity index (χ3n) is 2.21. The van der Waals surface area contributed by atoms with Gasteiger partial charge in [0, 0.05) is 19.0 Å². The lowest BCUT2D eigenvalue weighted by Crippen LogP contribution is -2.24. The van der Waals surface area contributed by atoms with Gasteiger partial charge in [0.1, 0.15) is 0 Å². The number of rotatable bonds is 2. The number of furan rings is 1. The van der Waals surface area contributed by atoms with Gasteiger partial charge in [0.15, 0.2) is 17.9 Å². The summed E-state index contributed by atoms with van der Waals surface area (Å²) in [5.41, 5.74) is 0. The molecule has 2 heterocycles. The molecule has 0 spiro atoms. The van der Waals surface area contributed by atoms with Crippen molar-refractivity contribution in [2.24, 2.45) is 0 Å². The number of anilines is 1. The van der Waals surface area contributed by atoms with E-state index in [4.69, 9.17) is 4.42 Å². The zero-order chi connectivity index (χ0) is 10.2. The van der Waals surface area contributed by atoms with Gasteiger partial charge in [0.25, 0.3) is 5.92 Å². The first-order valence-corrected chi connectivity index (χ1v) is 4.28. The summed E-state index contributed by atoms with van der Waals surface area (Å²) in [5, 5.41) is 0. The van der Waals surface area contributed by atoms with Crippen molar-refractivity contribution in [3.63, 3.8) is 0 Å². The maximum absolute atomic E-state index is 12.8. The fourth-order valence-electron chi connectivity index (χ4n) is 1.50. The highest BCUT2D eigenvalue weighted by molar-refractivity contribution is 5.71. The molecule has 0 radical (unpaired) electrons. The van der Waals surface area contributed by atoms with E-state index < -0.39 is 5.92 Å². The first-order chi connectivity index (χ1) is 6.61. The number of carbonyl (C=O) groups is 1. The van der Waals surface area contributed by atoms with Crippen LogP contribution in [0.1, 0.15) is 17.0 Å². The summed E-state index contributed by atoms with van der Waals surface area (Å²) < 4.78 is 30.7. The van der Waals surface area contributed by atoms with Crippen LogP contribution in [-0.4, -0.2) is 25.3 Å². The molecule has 0 amide bonds. The minimum absolute atomic E-state index is 0.162. The van der Waals surface area contributed by atoms with Crippen LogP contribution in [-0.2, 0) is 0 Å². The van der Waals surface area contributed by atoms with Crippen LogP contribution < -0.4 is 4.90 Å². The number of hydrogen-bond acceptors (Lipinski definition) is 3. The minimum atomic E-state index is -2.64. The molecule has 0 aliphatic carbocycles. The third-order valence-corrected chi connectivity index (χ3v) is 2.21. The van der Waals surface area contributed by atoms with Crippen LogP contribution in [0.3, 0.4) is 0 Å². The predicted octanol–water partition coefficient (Wildman–Crippen LogP) is 1.94. The van der Waals surface area contributed by atoms with E-state index in [0.29, 0.717) is 12.2 Å². The van der Waals surface area contributed by atoms with Gasteiger partial charge in [-0.2, -0.15) is 0 Å². The number of nitrogens with zero attached hydrogens (tertiary/aromatic N) is 1. The van der Waals surface area contributed by atoms with Gasteiger partial charge in [-0.05, 0) is 6.07 Å². The maximum Gasteiger partial charge on any atom is 0.267 e. The summed E-state index contributed by atoms with van der Waals surface area (Å²) in [6.07, 6.45) is 0.391. The number of alkyl halides is 2. The third kappa shape index (κ3) is 1.62.